The maximum atomic E-state index is 13.3. The molecule has 3 rings (SSSR count). The Labute approximate surface area is 193 Å². The number of carbonyl (C=O) groups excluding carboxylic acids is 2. The average Bonchev–Trinajstić information content (AvgIpc) is 3.19. The number of fused-ring (bicyclic) bond motifs is 3. The fourth-order valence-corrected chi connectivity index (χ4v) is 4.38. The molecule has 1 aromatic carbocycles. The smallest absolute Gasteiger partial charge is 0.406 e. The third-order valence-corrected chi connectivity index (χ3v) is 5.83. The Balaban J connectivity index is 2.15. The van der Waals surface area contributed by atoms with E-state index in [1.165, 1.54) is 20.1 Å². The molecule has 188 valence electrons. The summed E-state index contributed by atoms with van der Waals surface area (Å²) in [4.78, 5) is 25.9. The molecule has 1 aliphatic carbocycles. The zero-order chi connectivity index (χ0) is 25.2. The van der Waals surface area contributed by atoms with E-state index in [1.807, 2.05) is 0 Å². The molecule has 0 fully saturated rings. The fraction of sp³-hybridized carbons (Fsp3) is 0.545. The quantitative estimate of drug-likeness (QED) is 0.422. The number of alkyl halides is 3. The van der Waals surface area contributed by atoms with Crippen LogP contribution in [0.5, 0.6) is 11.5 Å². The highest BCUT2D eigenvalue weighted by molar-refractivity contribution is 5.96. The first-order chi connectivity index (χ1) is 16.1. The van der Waals surface area contributed by atoms with E-state index in [0.717, 1.165) is 6.08 Å². The summed E-state index contributed by atoms with van der Waals surface area (Å²) in [6, 6.07) is 1.57. The predicted molar refractivity (Wildman–Crippen MR) is 112 cm³/mol. The van der Waals surface area contributed by atoms with Gasteiger partial charge < -0.3 is 35.0 Å². The van der Waals surface area contributed by atoms with Gasteiger partial charge in [-0.3, -0.25) is 9.59 Å². The lowest BCUT2D eigenvalue weighted by Gasteiger charge is -2.40. The molecule has 1 aliphatic heterocycles. The Morgan fingerprint density at radius 1 is 1.26 bits per heavy atom. The molecule has 12 heteroatoms. The number of ether oxygens (including phenoxy) is 2. The number of methoxy groups -OCH3 is 1. The van der Waals surface area contributed by atoms with Crippen LogP contribution in [0.15, 0.2) is 23.8 Å². The van der Waals surface area contributed by atoms with Gasteiger partial charge in [0.1, 0.15) is 18.8 Å². The van der Waals surface area contributed by atoms with Gasteiger partial charge in [0, 0.05) is 24.1 Å². The number of rotatable bonds is 8. The van der Waals surface area contributed by atoms with Crippen LogP contribution in [0.3, 0.4) is 0 Å². The zero-order valence-electron chi connectivity index (χ0n) is 18.6. The molecule has 0 saturated heterocycles. The average molecular weight is 488 g/mol. The van der Waals surface area contributed by atoms with Crippen molar-refractivity contribution in [3.63, 3.8) is 0 Å². The highest BCUT2D eigenvalue weighted by atomic mass is 19.4. The fourth-order valence-electron chi connectivity index (χ4n) is 4.38. The number of hydrogen-bond acceptors (Lipinski definition) is 7. The van der Waals surface area contributed by atoms with Crippen molar-refractivity contribution >= 4 is 11.8 Å². The monoisotopic (exact) mass is 488 g/mol. The lowest BCUT2D eigenvalue weighted by atomic mass is 9.77. The molecule has 0 spiro atoms. The largest absolute Gasteiger partial charge is 0.493 e. The van der Waals surface area contributed by atoms with Crippen molar-refractivity contribution in [3.05, 3.63) is 34.9 Å². The second-order valence-corrected chi connectivity index (χ2v) is 8.01. The number of aliphatic hydroxyl groups excluding tert-OH is 3. The first-order valence-corrected chi connectivity index (χ1v) is 10.7. The predicted octanol–water partition coefficient (Wildman–Crippen LogP) is 0.611. The molecule has 0 aromatic heterocycles. The number of benzene rings is 1. The molecule has 0 saturated carbocycles. The van der Waals surface area contributed by atoms with Crippen LogP contribution in [0.1, 0.15) is 30.4 Å². The van der Waals surface area contributed by atoms with Crippen LogP contribution < -0.4 is 14.8 Å². The van der Waals surface area contributed by atoms with Gasteiger partial charge in [-0.15, -0.1) is 0 Å². The summed E-state index contributed by atoms with van der Waals surface area (Å²) in [5.41, 5.74) is 0.813. The lowest BCUT2D eigenvalue weighted by Crippen LogP contribution is -2.57. The van der Waals surface area contributed by atoms with Crippen LogP contribution in [0.4, 0.5) is 13.2 Å². The second-order valence-electron chi connectivity index (χ2n) is 8.01. The van der Waals surface area contributed by atoms with Crippen molar-refractivity contribution in [2.75, 3.05) is 26.8 Å². The van der Waals surface area contributed by atoms with E-state index in [2.05, 4.69) is 5.32 Å². The number of nitrogens with zero attached hydrogens (tertiary/aromatic N) is 1. The molecule has 2 aliphatic rings. The van der Waals surface area contributed by atoms with Crippen LogP contribution in [-0.4, -0.2) is 83.3 Å². The minimum absolute atomic E-state index is 0.0271. The highest BCUT2D eigenvalue weighted by Gasteiger charge is 2.52. The normalized spacial score (nSPS) is 23.4. The topological polar surface area (TPSA) is 129 Å². The Hall–Kier alpha value is -2.83. The molecule has 0 bridgehead atoms. The van der Waals surface area contributed by atoms with Gasteiger partial charge in [-0.2, -0.15) is 13.2 Å². The summed E-state index contributed by atoms with van der Waals surface area (Å²) < 4.78 is 51.1. The van der Waals surface area contributed by atoms with E-state index >= 15 is 0 Å². The third kappa shape index (κ3) is 4.98. The maximum absolute atomic E-state index is 13.3. The molecule has 1 heterocycles. The van der Waals surface area contributed by atoms with Gasteiger partial charge in [0.15, 0.2) is 11.5 Å². The lowest BCUT2D eigenvalue weighted by molar-refractivity contribution is -0.170. The van der Waals surface area contributed by atoms with E-state index in [0.29, 0.717) is 16.0 Å². The van der Waals surface area contributed by atoms with Crippen LogP contribution in [-0.2, 0) is 16.2 Å². The molecule has 2 amide bonds. The number of carbonyl (C=O) groups is 2. The number of nitrogens with one attached hydrogen (secondary N) is 1. The van der Waals surface area contributed by atoms with Gasteiger partial charge in [-0.25, -0.2) is 0 Å². The van der Waals surface area contributed by atoms with Crippen molar-refractivity contribution < 1.29 is 47.6 Å². The minimum atomic E-state index is -4.74. The van der Waals surface area contributed by atoms with Gasteiger partial charge in [0.25, 0.3) is 0 Å². The third-order valence-electron chi connectivity index (χ3n) is 5.83. The molecule has 0 radical (unpaired) electrons. The summed E-state index contributed by atoms with van der Waals surface area (Å²) in [5, 5.41) is 32.3. The van der Waals surface area contributed by atoms with E-state index in [1.54, 1.807) is 6.07 Å². The second kappa shape index (κ2) is 10.2. The minimum Gasteiger partial charge on any atom is -0.493 e. The Morgan fingerprint density at radius 3 is 2.53 bits per heavy atom. The van der Waals surface area contributed by atoms with Gasteiger partial charge in [0.2, 0.25) is 11.8 Å². The molecule has 9 nitrogen and oxygen atoms in total. The van der Waals surface area contributed by atoms with Gasteiger partial charge >= 0.3 is 6.18 Å². The highest BCUT2D eigenvalue weighted by Crippen LogP contribution is 2.51. The first kappa shape index (κ1) is 25.8. The van der Waals surface area contributed by atoms with Crippen molar-refractivity contribution in [1.82, 2.24) is 10.2 Å². The molecular formula is C22H27F3N2O7. The first-order valence-electron chi connectivity index (χ1n) is 10.7. The van der Waals surface area contributed by atoms with Crippen LogP contribution in [0, 0.1) is 0 Å². The zero-order valence-corrected chi connectivity index (χ0v) is 18.6. The number of halogens is 3. The van der Waals surface area contributed by atoms with Crippen molar-refractivity contribution in [1.29, 1.82) is 0 Å². The summed E-state index contributed by atoms with van der Waals surface area (Å²) >= 11 is 0. The van der Waals surface area contributed by atoms with Gasteiger partial charge in [0.05, 0.1) is 32.3 Å². The molecular weight excluding hydrogens is 461 g/mol. The SMILES string of the molecule is CCC(=O)N(CC(F)(F)F)C1C=C(C(=O)NCCO)C2c3cc(CO)cc(OC)c3OC2C1O. The summed E-state index contributed by atoms with van der Waals surface area (Å²) in [7, 11) is 1.36. The number of hydrogen-bond donors (Lipinski definition) is 4. The maximum Gasteiger partial charge on any atom is 0.406 e. The standard InChI is InChI=1S/C22H27F3N2O7/c1-3-16(30)27(10-22(23,24)25)14-8-13(21(32)26-4-5-28)17-12-6-11(9-29)7-15(33-2)19(12)34-20(17)18(14)31/h6-8,14,17-18,20,28-29,31H,3-5,9-10H2,1-2H3,(H,26,32). The Morgan fingerprint density at radius 2 is 1.97 bits per heavy atom. The van der Waals surface area contributed by atoms with Crippen LogP contribution in [0.2, 0.25) is 0 Å². The van der Waals surface area contributed by atoms with E-state index < -0.39 is 48.7 Å². The van der Waals surface area contributed by atoms with Crippen LogP contribution in [0.25, 0.3) is 0 Å². The van der Waals surface area contributed by atoms with E-state index in [4.69, 9.17) is 14.6 Å². The molecule has 4 N–H and O–H groups in total. The molecule has 1 aromatic rings. The van der Waals surface area contributed by atoms with Crippen LogP contribution >= 0.6 is 0 Å². The van der Waals surface area contributed by atoms with E-state index in [9.17, 15) is 33.0 Å². The van der Waals surface area contributed by atoms with Crippen molar-refractivity contribution in [3.8, 4) is 11.5 Å². The van der Waals surface area contributed by atoms with Crippen molar-refractivity contribution in [2.45, 2.75) is 50.3 Å². The molecule has 34 heavy (non-hydrogen) atoms. The number of amides is 2. The number of aliphatic hydroxyl groups is 3. The Kier molecular flexibility index (Phi) is 7.74. The summed E-state index contributed by atoms with van der Waals surface area (Å²) in [6.07, 6.45) is -6.65. The molecule has 4 atom stereocenters. The molecule has 4 unspecified atom stereocenters. The van der Waals surface area contributed by atoms with Crippen molar-refractivity contribution in [2.24, 2.45) is 0 Å². The summed E-state index contributed by atoms with van der Waals surface area (Å²) in [5.74, 6) is -2.07. The van der Waals surface area contributed by atoms with Gasteiger partial charge in [-0.05, 0) is 23.8 Å². The van der Waals surface area contributed by atoms with Gasteiger partial charge in [-0.1, -0.05) is 6.92 Å². The Bertz CT molecular complexity index is 967. The summed E-state index contributed by atoms with van der Waals surface area (Å²) in [6.45, 7) is -1.07. The van der Waals surface area contributed by atoms with E-state index in [-0.39, 0.29) is 43.3 Å².